The van der Waals surface area contributed by atoms with E-state index in [4.69, 9.17) is 0 Å². The fraction of sp³-hybridized carbons (Fsp3) is 0.429. The zero-order valence-corrected chi connectivity index (χ0v) is 15.7. The zero-order valence-electron chi connectivity index (χ0n) is 15.7. The predicted octanol–water partition coefficient (Wildman–Crippen LogP) is 1.44. The molecule has 7 heteroatoms. The van der Waals surface area contributed by atoms with Crippen LogP contribution in [0.5, 0.6) is 5.88 Å². The summed E-state index contributed by atoms with van der Waals surface area (Å²) in [6, 6.07) is 7.70. The summed E-state index contributed by atoms with van der Waals surface area (Å²) in [6.07, 6.45) is 5.82. The molecule has 0 amide bonds. The number of nitrogens with one attached hydrogen (secondary N) is 2. The Balaban J connectivity index is 1.69. The summed E-state index contributed by atoms with van der Waals surface area (Å²) in [4.78, 5) is 31.2. The third kappa shape index (κ3) is 2.61. The summed E-state index contributed by atoms with van der Waals surface area (Å²) in [5, 5.41) is 14.3. The Morgan fingerprint density at radius 2 is 1.86 bits per heavy atom. The van der Waals surface area contributed by atoms with Gasteiger partial charge in [0.25, 0.3) is 5.56 Å². The van der Waals surface area contributed by atoms with Crippen molar-refractivity contribution in [3.63, 3.8) is 0 Å². The second-order valence-corrected chi connectivity index (χ2v) is 7.97. The third-order valence-electron chi connectivity index (χ3n) is 6.36. The number of aromatic amines is 2. The topological polar surface area (TPSA) is 107 Å². The fourth-order valence-electron chi connectivity index (χ4n) is 5.04. The molecule has 0 spiro atoms. The SMILES string of the molecule is O=c1[nH]c(=O)n(C2CCCCC2)c(O)c1[C@@H]1[NH2+]CCc2c1[nH]c1ccccc21. The lowest BCUT2D eigenvalue weighted by Crippen LogP contribution is -2.87. The molecule has 1 saturated carbocycles. The van der Waals surface area contributed by atoms with Gasteiger partial charge < -0.3 is 15.4 Å². The minimum absolute atomic E-state index is 0.0531. The molecule has 146 valence electrons. The summed E-state index contributed by atoms with van der Waals surface area (Å²) in [5.41, 5.74) is 2.44. The number of para-hydroxylation sites is 1. The highest BCUT2D eigenvalue weighted by Gasteiger charge is 2.35. The molecule has 1 fully saturated rings. The van der Waals surface area contributed by atoms with E-state index in [2.05, 4.69) is 21.4 Å². The molecule has 1 aliphatic heterocycles. The number of fused-ring (bicyclic) bond motifs is 3. The van der Waals surface area contributed by atoms with Crippen LogP contribution in [0.15, 0.2) is 33.9 Å². The lowest BCUT2D eigenvalue weighted by molar-refractivity contribution is -0.690. The van der Waals surface area contributed by atoms with Crippen LogP contribution in [0.2, 0.25) is 0 Å². The zero-order chi connectivity index (χ0) is 19.3. The van der Waals surface area contributed by atoms with Gasteiger partial charge in [0.15, 0.2) is 6.04 Å². The van der Waals surface area contributed by atoms with Gasteiger partial charge in [-0.05, 0) is 24.5 Å². The average Bonchev–Trinajstić information content (AvgIpc) is 3.08. The first kappa shape index (κ1) is 17.3. The van der Waals surface area contributed by atoms with Crippen molar-refractivity contribution in [2.24, 2.45) is 0 Å². The molecule has 28 heavy (non-hydrogen) atoms. The number of hydrogen-bond acceptors (Lipinski definition) is 3. The standard InChI is InChI=1S/C21H24N4O3/c26-19-16(20(27)25(21(28)24-19)12-6-2-1-3-7-12)18-17-14(10-11-22-18)13-8-4-5-9-15(13)23-17/h4-5,8-9,12,18,22-23,27H,1-3,6-7,10-11H2,(H,24,26,28)/p+1/t18-/m0/s1. The summed E-state index contributed by atoms with van der Waals surface area (Å²) in [5.74, 6) is -0.173. The van der Waals surface area contributed by atoms with Crippen molar-refractivity contribution in [1.82, 2.24) is 14.5 Å². The van der Waals surface area contributed by atoms with Crippen LogP contribution in [0.25, 0.3) is 10.9 Å². The maximum Gasteiger partial charge on any atom is 0.331 e. The van der Waals surface area contributed by atoms with Gasteiger partial charge in [-0.15, -0.1) is 0 Å². The van der Waals surface area contributed by atoms with E-state index in [1.807, 2.05) is 18.2 Å². The van der Waals surface area contributed by atoms with Crippen LogP contribution >= 0.6 is 0 Å². The molecule has 0 unspecified atom stereocenters. The second-order valence-electron chi connectivity index (χ2n) is 7.97. The molecule has 2 aromatic heterocycles. The first-order chi connectivity index (χ1) is 13.6. The van der Waals surface area contributed by atoms with E-state index in [1.54, 1.807) is 0 Å². The molecule has 0 bridgehead atoms. The first-order valence-electron chi connectivity index (χ1n) is 10.2. The van der Waals surface area contributed by atoms with Crippen molar-refractivity contribution in [3.8, 4) is 5.88 Å². The van der Waals surface area contributed by atoms with Crippen LogP contribution in [0.4, 0.5) is 0 Å². The van der Waals surface area contributed by atoms with Crippen molar-refractivity contribution in [2.75, 3.05) is 6.54 Å². The molecule has 3 heterocycles. The van der Waals surface area contributed by atoms with E-state index in [-0.39, 0.29) is 23.5 Å². The van der Waals surface area contributed by atoms with Gasteiger partial charge in [0.05, 0.1) is 12.2 Å². The van der Waals surface area contributed by atoms with E-state index in [0.717, 1.165) is 61.7 Å². The molecule has 0 saturated heterocycles. The number of benzene rings is 1. The van der Waals surface area contributed by atoms with Gasteiger partial charge in [0.1, 0.15) is 5.56 Å². The molecule has 2 aliphatic rings. The second kappa shape index (κ2) is 6.67. The van der Waals surface area contributed by atoms with Crippen LogP contribution in [0.1, 0.15) is 61.0 Å². The lowest BCUT2D eigenvalue weighted by Gasteiger charge is -2.27. The van der Waals surface area contributed by atoms with E-state index >= 15 is 0 Å². The number of aromatic hydroxyl groups is 1. The molecule has 3 aromatic rings. The fourth-order valence-corrected chi connectivity index (χ4v) is 5.04. The predicted molar refractivity (Wildman–Crippen MR) is 106 cm³/mol. The monoisotopic (exact) mass is 381 g/mol. The molecule has 5 rings (SSSR count). The Morgan fingerprint density at radius 3 is 2.68 bits per heavy atom. The minimum Gasteiger partial charge on any atom is -0.494 e. The number of aromatic nitrogens is 3. The molecule has 1 aliphatic carbocycles. The van der Waals surface area contributed by atoms with Crippen molar-refractivity contribution in [2.45, 2.75) is 50.6 Å². The van der Waals surface area contributed by atoms with Gasteiger partial charge in [-0.1, -0.05) is 37.5 Å². The third-order valence-corrected chi connectivity index (χ3v) is 6.36. The first-order valence-corrected chi connectivity index (χ1v) is 10.2. The van der Waals surface area contributed by atoms with Crippen LogP contribution in [0.3, 0.4) is 0 Å². The number of hydrogen-bond donors (Lipinski definition) is 4. The maximum absolute atomic E-state index is 12.8. The Labute approximate surface area is 161 Å². The highest BCUT2D eigenvalue weighted by molar-refractivity contribution is 5.85. The Hall–Kier alpha value is -2.80. The van der Waals surface area contributed by atoms with E-state index in [0.29, 0.717) is 0 Å². The largest absolute Gasteiger partial charge is 0.494 e. The van der Waals surface area contributed by atoms with Crippen molar-refractivity contribution in [1.29, 1.82) is 0 Å². The molecule has 5 N–H and O–H groups in total. The summed E-state index contributed by atoms with van der Waals surface area (Å²) >= 11 is 0. The molecule has 7 nitrogen and oxygen atoms in total. The minimum atomic E-state index is -0.508. The van der Waals surface area contributed by atoms with Gasteiger partial charge >= 0.3 is 5.69 Å². The van der Waals surface area contributed by atoms with E-state index in [9.17, 15) is 14.7 Å². The summed E-state index contributed by atoms with van der Waals surface area (Å²) < 4.78 is 1.42. The van der Waals surface area contributed by atoms with Gasteiger partial charge in [0.2, 0.25) is 5.88 Å². The van der Waals surface area contributed by atoms with E-state index in [1.165, 1.54) is 10.1 Å². The Morgan fingerprint density at radius 1 is 1.07 bits per heavy atom. The van der Waals surface area contributed by atoms with Gasteiger partial charge in [-0.25, -0.2) is 4.79 Å². The van der Waals surface area contributed by atoms with Gasteiger partial charge in [0, 0.05) is 23.4 Å². The summed E-state index contributed by atoms with van der Waals surface area (Å²) in [7, 11) is 0. The van der Waals surface area contributed by atoms with Gasteiger partial charge in [-0.2, -0.15) is 0 Å². The molecular formula is C21H25N4O3+. The van der Waals surface area contributed by atoms with Crippen molar-refractivity contribution < 1.29 is 10.4 Å². The number of nitrogens with two attached hydrogens (primary N) is 1. The number of H-pyrrole nitrogens is 2. The summed E-state index contributed by atoms with van der Waals surface area (Å²) in [6.45, 7) is 0.820. The van der Waals surface area contributed by atoms with Crippen molar-refractivity contribution in [3.05, 3.63) is 61.9 Å². The van der Waals surface area contributed by atoms with Crippen LogP contribution in [0, 0.1) is 0 Å². The van der Waals surface area contributed by atoms with Crippen LogP contribution < -0.4 is 16.6 Å². The molecule has 1 atom stereocenters. The normalized spacial score (nSPS) is 20.4. The van der Waals surface area contributed by atoms with Crippen molar-refractivity contribution >= 4 is 10.9 Å². The quantitative estimate of drug-likeness (QED) is 0.539. The van der Waals surface area contributed by atoms with Crippen LogP contribution in [-0.4, -0.2) is 26.2 Å². The average molecular weight is 381 g/mol. The Bertz CT molecular complexity index is 1150. The number of rotatable bonds is 2. The van der Waals surface area contributed by atoms with Gasteiger partial charge in [-0.3, -0.25) is 14.3 Å². The maximum atomic E-state index is 12.8. The lowest BCUT2D eigenvalue weighted by atomic mass is 9.93. The number of nitrogens with zero attached hydrogens (tertiary/aromatic N) is 1. The highest BCUT2D eigenvalue weighted by Crippen LogP contribution is 2.34. The smallest absolute Gasteiger partial charge is 0.331 e. The van der Waals surface area contributed by atoms with Crippen LogP contribution in [-0.2, 0) is 6.42 Å². The van der Waals surface area contributed by atoms with E-state index < -0.39 is 11.2 Å². The number of quaternary nitrogens is 1. The molecule has 1 aromatic carbocycles. The molecular weight excluding hydrogens is 356 g/mol. The Kier molecular flexibility index (Phi) is 4.12. The highest BCUT2D eigenvalue weighted by atomic mass is 16.3. The molecule has 0 radical (unpaired) electrons.